The third kappa shape index (κ3) is 2.05. The number of rotatable bonds is 2. The number of nitrogen functional groups attached to an aromatic ring is 1. The largest absolute Gasteiger partial charge is 0.397 e. The Morgan fingerprint density at radius 1 is 1.28 bits per heavy atom. The summed E-state index contributed by atoms with van der Waals surface area (Å²) in [5, 5.41) is 11.1. The molecule has 1 fully saturated rings. The van der Waals surface area contributed by atoms with Gasteiger partial charge in [0, 0.05) is 28.3 Å². The Balaban J connectivity index is 1.84. The molecule has 2 heterocycles. The summed E-state index contributed by atoms with van der Waals surface area (Å²) in [6.45, 7) is 0. The number of hydrogen-bond acceptors (Lipinski definition) is 6. The Kier molecular flexibility index (Phi) is 2.91. The molecule has 0 bridgehead atoms. The molecule has 18 heavy (non-hydrogen) atoms. The highest BCUT2D eigenvalue weighted by molar-refractivity contribution is 7.85. The van der Waals surface area contributed by atoms with Crippen LogP contribution in [0.25, 0.3) is 11.0 Å². The molecular formula is C11H14N4O2S. The number of benzene rings is 1. The van der Waals surface area contributed by atoms with Crippen LogP contribution in [0.5, 0.6) is 0 Å². The second-order valence-corrected chi connectivity index (χ2v) is 6.13. The maximum Gasteiger partial charge on any atom is 0.160 e. The van der Waals surface area contributed by atoms with Crippen molar-refractivity contribution in [1.29, 1.82) is 0 Å². The quantitative estimate of drug-likeness (QED) is 0.791. The number of anilines is 2. The zero-order chi connectivity index (χ0) is 12.5. The molecule has 1 aliphatic rings. The Morgan fingerprint density at radius 3 is 2.78 bits per heavy atom. The van der Waals surface area contributed by atoms with Gasteiger partial charge in [0.05, 0.1) is 11.4 Å². The van der Waals surface area contributed by atoms with Crippen molar-refractivity contribution in [1.82, 2.24) is 10.3 Å². The topological polar surface area (TPSA) is 94.0 Å². The van der Waals surface area contributed by atoms with Crippen molar-refractivity contribution in [2.45, 2.75) is 18.9 Å². The first-order valence-electron chi connectivity index (χ1n) is 5.86. The van der Waals surface area contributed by atoms with Crippen LogP contribution in [0.15, 0.2) is 16.8 Å². The van der Waals surface area contributed by atoms with Gasteiger partial charge >= 0.3 is 0 Å². The van der Waals surface area contributed by atoms with Crippen molar-refractivity contribution in [3.8, 4) is 0 Å². The lowest BCUT2D eigenvalue weighted by Gasteiger charge is -2.23. The molecule has 0 aliphatic carbocycles. The zero-order valence-corrected chi connectivity index (χ0v) is 10.6. The molecule has 0 unspecified atom stereocenters. The summed E-state index contributed by atoms with van der Waals surface area (Å²) in [6.07, 6.45) is 1.81. The van der Waals surface area contributed by atoms with Gasteiger partial charge in [-0.3, -0.25) is 4.21 Å². The lowest BCUT2D eigenvalue weighted by atomic mass is 10.1. The van der Waals surface area contributed by atoms with Gasteiger partial charge in [-0.15, -0.1) is 0 Å². The summed E-state index contributed by atoms with van der Waals surface area (Å²) in [5.41, 5.74) is 8.46. The van der Waals surface area contributed by atoms with Crippen molar-refractivity contribution in [3.05, 3.63) is 12.1 Å². The predicted molar refractivity (Wildman–Crippen MR) is 70.7 cm³/mol. The summed E-state index contributed by atoms with van der Waals surface area (Å²) in [6, 6.07) is 4.00. The summed E-state index contributed by atoms with van der Waals surface area (Å²) < 4.78 is 16.0. The molecule has 7 heteroatoms. The van der Waals surface area contributed by atoms with Gasteiger partial charge in [-0.25, -0.2) is 4.63 Å². The van der Waals surface area contributed by atoms with E-state index in [0.717, 1.165) is 30.0 Å². The molecule has 1 aliphatic heterocycles. The molecule has 1 saturated heterocycles. The smallest absolute Gasteiger partial charge is 0.160 e. The molecule has 6 nitrogen and oxygen atoms in total. The van der Waals surface area contributed by atoms with E-state index in [0.29, 0.717) is 22.8 Å². The molecule has 3 N–H and O–H groups in total. The highest BCUT2D eigenvalue weighted by Crippen LogP contribution is 2.27. The van der Waals surface area contributed by atoms with Crippen LogP contribution in [0.2, 0.25) is 0 Å². The van der Waals surface area contributed by atoms with Gasteiger partial charge in [0.2, 0.25) is 0 Å². The number of aromatic nitrogens is 2. The van der Waals surface area contributed by atoms with Crippen LogP contribution in [-0.2, 0) is 10.8 Å². The first-order valence-corrected chi connectivity index (χ1v) is 7.35. The predicted octanol–water partition coefficient (Wildman–Crippen LogP) is 1.13. The molecule has 0 atom stereocenters. The van der Waals surface area contributed by atoms with Gasteiger partial charge in [-0.1, -0.05) is 0 Å². The van der Waals surface area contributed by atoms with Crippen LogP contribution >= 0.6 is 0 Å². The SMILES string of the molecule is Nc1ccc(NC2CCS(=O)CC2)c2nonc12. The average molecular weight is 266 g/mol. The monoisotopic (exact) mass is 266 g/mol. The molecule has 0 amide bonds. The van der Waals surface area contributed by atoms with E-state index in [4.69, 9.17) is 10.4 Å². The van der Waals surface area contributed by atoms with E-state index in [1.807, 2.05) is 6.07 Å². The fourth-order valence-corrected chi connectivity index (χ4v) is 3.46. The number of nitrogens with two attached hydrogens (primary N) is 1. The number of hydrogen-bond donors (Lipinski definition) is 2. The van der Waals surface area contributed by atoms with Crippen molar-refractivity contribution in [3.63, 3.8) is 0 Å². The lowest BCUT2D eigenvalue weighted by molar-refractivity contribution is 0.315. The number of nitrogens with one attached hydrogen (secondary N) is 1. The van der Waals surface area contributed by atoms with E-state index in [-0.39, 0.29) is 0 Å². The first kappa shape index (κ1) is 11.5. The van der Waals surface area contributed by atoms with Crippen LogP contribution in [0.3, 0.4) is 0 Å². The van der Waals surface area contributed by atoms with Gasteiger partial charge in [0.15, 0.2) is 11.0 Å². The lowest BCUT2D eigenvalue weighted by Crippen LogP contribution is -2.29. The highest BCUT2D eigenvalue weighted by Gasteiger charge is 2.19. The Labute approximate surface area is 106 Å². The van der Waals surface area contributed by atoms with E-state index < -0.39 is 10.8 Å². The molecule has 0 saturated carbocycles. The van der Waals surface area contributed by atoms with Crippen LogP contribution in [-0.4, -0.2) is 32.1 Å². The molecule has 96 valence electrons. The van der Waals surface area contributed by atoms with Crippen LogP contribution < -0.4 is 11.1 Å². The summed E-state index contributed by atoms with van der Waals surface area (Å²) in [7, 11) is -0.648. The minimum atomic E-state index is -0.648. The van der Waals surface area contributed by atoms with Crippen molar-refractivity contribution in [2.75, 3.05) is 22.6 Å². The van der Waals surface area contributed by atoms with Crippen LogP contribution in [0.4, 0.5) is 11.4 Å². The highest BCUT2D eigenvalue weighted by atomic mass is 32.2. The second-order valence-electron chi connectivity index (χ2n) is 4.43. The zero-order valence-electron chi connectivity index (χ0n) is 9.76. The van der Waals surface area contributed by atoms with Gasteiger partial charge in [0.1, 0.15) is 0 Å². The summed E-state index contributed by atoms with van der Waals surface area (Å²) in [5.74, 6) is 1.51. The Morgan fingerprint density at radius 2 is 2.00 bits per heavy atom. The molecule has 0 spiro atoms. The Hall–Kier alpha value is -1.63. The molecule has 0 radical (unpaired) electrons. The minimum Gasteiger partial charge on any atom is -0.397 e. The summed E-state index contributed by atoms with van der Waals surface area (Å²) >= 11 is 0. The van der Waals surface area contributed by atoms with Gasteiger partial charge in [0.25, 0.3) is 0 Å². The molecule has 3 rings (SSSR count). The fraction of sp³-hybridized carbons (Fsp3) is 0.455. The van der Waals surface area contributed by atoms with E-state index in [2.05, 4.69) is 15.6 Å². The fourth-order valence-electron chi connectivity index (χ4n) is 2.16. The standard InChI is InChI=1S/C11H14N4O2S/c12-8-1-2-9(11-10(8)14-17-15-11)13-7-3-5-18(16)6-4-7/h1-2,7,13H,3-6,12H2. The Bertz CT molecular complexity index is 588. The van der Waals surface area contributed by atoms with E-state index in [1.165, 1.54) is 0 Å². The van der Waals surface area contributed by atoms with Gasteiger partial charge in [-0.05, 0) is 35.3 Å². The van der Waals surface area contributed by atoms with E-state index in [9.17, 15) is 4.21 Å². The third-order valence-electron chi connectivity index (χ3n) is 3.19. The van der Waals surface area contributed by atoms with Gasteiger partial charge in [-0.2, -0.15) is 0 Å². The second kappa shape index (κ2) is 4.56. The normalized spacial score (nSPS) is 24.2. The minimum absolute atomic E-state index is 0.325. The van der Waals surface area contributed by atoms with Crippen molar-refractivity contribution in [2.24, 2.45) is 0 Å². The van der Waals surface area contributed by atoms with Crippen molar-refractivity contribution < 1.29 is 8.84 Å². The molecule has 2 aromatic rings. The maximum atomic E-state index is 11.3. The number of fused-ring (bicyclic) bond motifs is 1. The number of nitrogens with zero attached hydrogens (tertiary/aromatic N) is 2. The van der Waals surface area contributed by atoms with Crippen LogP contribution in [0.1, 0.15) is 12.8 Å². The third-order valence-corrected chi connectivity index (χ3v) is 4.58. The molecule has 1 aromatic heterocycles. The molecule has 1 aromatic carbocycles. The van der Waals surface area contributed by atoms with Gasteiger partial charge < -0.3 is 11.1 Å². The van der Waals surface area contributed by atoms with E-state index in [1.54, 1.807) is 6.07 Å². The maximum absolute atomic E-state index is 11.3. The average Bonchev–Trinajstić information content (AvgIpc) is 2.86. The summed E-state index contributed by atoms with van der Waals surface area (Å²) in [4.78, 5) is 0. The first-order chi connectivity index (χ1) is 8.74. The molecular weight excluding hydrogens is 252 g/mol. The van der Waals surface area contributed by atoms with Crippen LogP contribution in [0, 0.1) is 0 Å². The van der Waals surface area contributed by atoms with Crippen molar-refractivity contribution >= 4 is 33.2 Å². The van der Waals surface area contributed by atoms with E-state index >= 15 is 0 Å².